The number of aromatic nitrogens is 2. The SMILES string of the molecule is c1cc(N2CCCNCC2)c2ncc3cccn3c2c1. The average Bonchev–Trinajstić information content (AvgIpc) is 2.81. The fraction of sp³-hybridized carbons (Fsp3) is 0.312. The zero-order valence-corrected chi connectivity index (χ0v) is 11.4. The Bertz CT molecular complexity index is 738. The molecule has 1 N–H and O–H groups in total. The van der Waals surface area contributed by atoms with E-state index < -0.39 is 0 Å². The Labute approximate surface area is 118 Å². The summed E-state index contributed by atoms with van der Waals surface area (Å²) in [4.78, 5) is 7.15. The van der Waals surface area contributed by atoms with Crippen LogP contribution in [0.4, 0.5) is 5.69 Å². The standard InChI is InChI=1S/C16H18N4/c1-5-14(19-9-3-7-17-8-11-19)16-15(6-1)20-10-2-4-13(20)12-18-16/h1-2,4-6,10,12,17H,3,7-9,11H2. The van der Waals surface area contributed by atoms with Crippen molar-refractivity contribution in [2.24, 2.45) is 0 Å². The maximum Gasteiger partial charge on any atom is 0.110 e. The Balaban J connectivity index is 1.90. The molecule has 1 fully saturated rings. The summed E-state index contributed by atoms with van der Waals surface area (Å²) in [6.07, 6.45) is 5.25. The van der Waals surface area contributed by atoms with E-state index in [1.54, 1.807) is 0 Å². The molecule has 1 saturated heterocycles. The summed E-state index contributed by atoms with van der Waals surface area (Å²) in [5.41, 5.74) is 4.68. The molecule has 20 heavy (non-hydrogen) atoms. The highest BCUT2D eigenvalue weighted by Crippen LogP contribution is 2.26. The summed E-state index contributed by atoms with van der Waals surface area (Å²) >= 11 is 0. The van der Waals surface area contributed by atoms with Crippen molar-refractivity contribution in [1.82, 2.24) is 14.7 Å². The van der Waals surface area contributed by atoms with Crippen LogP contribution in [0.25, 0.3) is 16.6 Å². The van der Waals surface area contributed by atoms with Gasteiger partial charge in [0.1, 0.15) is 5.52 Å². The number of benzene rings is 1. The molecule has 0 radical (unpaired) electrons. The minimum absolute atomic E-state index is 1.04. The van der Waals surface area contributed by atoms with E-state index in [1.165, 1.54) is 17.6 Å². The first-order valence-electron chi connectivity index (χ1n) is 7.24. The Morgan fingerprint density at radius 3 is 3.05 bits per heavy atom. The van der Waals surface area contributed by atoms with E-state index >= 15 is 0 Å². The minimum Gasteiger partial charge on any atom is -0.368 e. The molecular weight excluding hydrogens is 248 g/mol. The van der Waals surface area contributed by atoms with Crippen LogP contribution in [0.1, 0.15) is 6.42 Å². The molecule has 1 aliphatic rings. The van der Waals surface area contributed by atoms with Gasteiger partial charge in [-0.3, -0.25) is 4.98 Å². The Kier molecular flexibility index (Phi) is 2.81. The van der Waals surface area contributed by atoms with Crippen LogP contribution in [-0.4, -0.2) is 35.6 Å². The molecule has 0 aliphatic carbocycles. The van der Waals surface area contributed by atoms with Crippen molar-refractivity contribution < 1.29 is 0 Å². The molecule has 102 valence electrons. The number of fused-ring (bicyclic) bond motifs is 3. The maximum atomic E-state index is 4.70. The fourth-order valence-electron chi connectivity index (χ4n) is 3.04. The number of hydrogen-bond donors (Lipinski definition) is 1. The van der Waals surface area contributed by atoms with Crippen LogP contribution in [0.15, 0.2) is 42.7 Å². The Hall–Kier alpha value is -2.07. The third-order valence-electron chi connectivity index (χ3n) is 4.04. The lowest BCUT2D eigenvalue weighted by molar-refractivity contribution is 0.724. The lowest BCUT2D eigenvalue weighted by Crippen LogP contribution is -2.28. The first-order chi connectivity index (χ1) is 9.93. The van der Waals surface area contributed by atoms with Gasteiger partial charge >= 0.3 is 0 Å². The first kappa shape index (κ1) is 11.7. The van der Waals surface area contributed by atoms with Gasteiger partial charge in [0.15, 0.2) is 0 Å². The van der Waals surface area contributed by atoms with Gasteiger partial charge in [-0.1, -0.05) is 6.07 Å². The number of nitrogens with one attached hydrogen (secondary N) is 1. The molecule has 3 heterocycles. The van der Waals surface area contributed by atoms with E-state index in [9.17, 15) is 0 Å². The van der Waals surface area contributed by atoms with Crippen molar-refractivity contribution in [1.29, 1.82) is 0 Å². The van der Waals surface area contributed by atoms with Gasteiger partial charge < -0.3 is 14.6 Å². The summed E-state index contributed by atoms with van der Waals surface area (Å²) in [6.45, 7) is 4.29. The van der Waals surface area contributed by atoms with Gasteiger partial charge in [-0.15, -0.1) is 0 Å². The second-order valence-corrected chi connectivity index (χ2v) is 5.30. The molecular formula is C16H18N4. The number of anilines is 1. The summed E-state index contributed by atoms with van der Waals surface area (Å²) in [7, 11) is 0. The van der Waals surface area contributed by atoms with Crippen LogP contribution in [0.2, 0.25) is 0 Å². The third kappa shape index (κ3) is 1.84. The molecule has 4 nitrogen and oxygen atoms in total. The summed E-state index contributed by atoms with van der Waals surface area (Å²) in [5, 5.41) is 3.45. The first-order valence-corrected chi connectivity index (χ1v) is 7.24. The van der Waals surface area contributed by atoms with Crippen molar-refractivity contribution in [3.63, 3.8) is 0 Å². The lowest BCUT2D eigenvalue weighted by Gasteiger charge is -2.23. The summed E-state index contributed by atoms with van der Waals surface area (Å²) in [5.74, 6) is 0. The molecule has 4 rings (SSSR count). The van der Waals surface area contributed by atoms with Crippen LogP contribution >= 0.6 is 0 Å². The van der Waals surface area contributed by atoms with Gasteiger partial charge in [0.2, 0.25) is 0 Å². The van der Waals surface area contributed by atoms with Crippen LogP contribution < -0.4 is 10.2 Å². The molecule has 2 aromatic heterocycles. The Morgan fingerprint density at radius 2 is 2.05 bits per heavy atom. The van der Waals surface area contributed by atoms with E-state index in [2.05, 4.69) is 51.1 Å². The highest BCUT2D eigenvalue weighted by atomic mass is 15.2. The van der Waals surface area contributed by atoms with Crippen LogP contribution in [0.3, 0.4) is 0 Å². The monoisotopic (exact) mass is 266 g/mol. The molecule has 1 aliphatic heterocycles. The van der Waals surface area contributed by atoms with Gasteiger partial charge in [-0.2, -0.15) is 0 Å². The van der Waals surface area contributed by atoms with Crippen molar-refractivity contribution in [3.8, 4) is 0 Å². The quantitative estimate of drug-likeness (QED) is 0.733. The van der Waals surface area contributed by atoms with E-state index in [0.717, 1.165) is 37.2 Å². The average molecular weight is 266 g/mol. The molecule has 4 heteroatoms. The number of hydrogen-bond acceptors (Lipinski definition) is 3. The van der Waals surface area contributed by atoms with E-state index in [4.69, 9.17) is 4.98 Å². The van der Waals surface area contributed by atoms with E-state index in [-0.39, 0.29) is 0 Å². The minimum atomic E-state index is 1.04. The van der Waals surface area contributed by atoms with Crippen molar-refractivity contribution in [2.45, 2.75) is 6.42 Å². The zero-order valence-electron chi connectivity index (χ0n) is 11.4. The van der Waals surface area contributed by atoms with Gasteiger partial charge in [-0.05, 0) is 37.2 Å². The van der Waals surface area contributed by atoms with Crippen molar-refractivity contribution >= 4 is 22.2 Å². The topological polar surface area (TPSA) is 32.6 Å². The largest absolute Gasteiger partial charge is 0.368 e. The molecule has 0 atom stereocenters. The molecule has 0 saturated carbocycles. The van der Waals surface area contributed by atoms with Gasteiger partial charge in [0.05, 0.1) is 22.9 Å². The number of para-hydroxylation sites is 1. The van der Waals surface area contributed by atoms with Crippen LogP contribution in [-0.2, 0) is 0 Å². The summed E-state index contributed by atoms with van der Waals surface area (Å²) < 4.78 is 2.21. The van der Waals surface area contributed by atoms with E-state index in [0.29, 0.717) is 0 Å². The van der Waals surface area contributed by atoms with Crippen molar-refractivity contribution in [3.05, 3.63) is 42.7 Å². The molecule has 0 unspecified atom stereocenters. The molecule has 1 aromatic carbocycles. The summed E-state index contributed by atoms with van der Waals surface area (Å²) in [6, 6.07) is 10.6. The molecule has 3 aromatic rings. The second-order valence-electron chi connectivity index (χ2n) is 5.30. The zero-order chi connectivity index (χ0) is 13.4. The third-order valence-corrected chi connectivity index (χ3v) is 4.04. The normalized spacial score (nSPS) is 16.7. The van der Waals surface area contributed by atoms with Crippen LogP contribution in [0.5, 0.6) is 0 Å². The second kappa shape index (κ2) is 4.80. The number of rotatable bonds is 1. The molecule has 0 spiro atoms. The van der Waals surface area contributed by atoms with E-state index in [1.807, 2.05) is 6.20 Å². The highest BCUT2D eigenvalue weighted by Gasteiger charge is 2.14. The van der Waals surface area contributed by atoms with Gasteiger partial charge in [-0.25, -0.2) is 0 Å². The molecule has 0 amide bonds. The fourth-order valence-corrected chi connectivity index (χ4v) is 3.04. The van der Waals surface area contributed by atoms with Gasteiger partial charge in [0.25, 0.3) is 0 Å². The Morgan fingerprint density at radius 1 is 1.05 bits per heavy atom. The maximum absolute atomic E-state index is 4.70. The van der Waals surface area contributed by atoms with Gasteiger partial charge in [0, 0.05) is 25.8 Å². The molecule has 0 bridgehead atoms. The predicted molar refractivity (Wildman–Crippen MR) is 82.4 cm³/mol. The predicted octanol–water partition coefficient (Wildman–Crippen LogP) is 2.29. The number of nitrogens with zero attached hydrogens (tertiary/aromatic N) is 3. The lowest BCUT2D eigenvalue weighted by atomic mass is 10.2. The highest BCUT2D eigenvalue weighted by molar-refractivity contribution is 5.90. The van der Waals surface area contributed by atoms with Crippen LogP contribution in [0, 0.1) is 0 Å². The van der Waals surface area contributed by atoms with Crippen molar-refractivity contribution in [2.75, 3.05) is 31.1 Å². The smallest absolute Gasteiger partial charge is 0.110 e.